The minimum absolute atomic E-state index is 0.220. The number of carbonyl (C=O) groups excluding carboxylic acids is 1. The number of benzene rings is 2. The van der Waals surface area contributed by atoms with Gasteiger partial charge in [-0.25, -0.2) is 0 Å². The molecule has 0 saturated carbocycles. The van der Waals surface area contributed by atoms with Gasteiger partial charge >= 0.3 is 0 Å². The van der Waals surface area contributed by atoms with Crippen LogP contribution in [0.1, 0.15) is 22.1 Å². The van der Waals surface area contributed by atoms with Gasteiger partial charge in [0, 0.05) is 11.6 Å². The van der Waals surface area contributed by atoms with Crippen LogP contribution < -0.4 is 5.32 Å². The molecule has 1 amide bonds. The second-order valence-electron chi connectivity index (χ2n) is 5.90. The third kappa shape index (κ3) is 3.30. The lowest BCUT2D eigenvalue weighted by atomic mass is 10.1. The molecule has 0 aliphatic rings. The highest BCUT2D eigenvalue weighted by Gasteiger charge is 2.19. The number of hydrogen-bond acceptors (Lipinski definition) is 4. The summed E-state index contributed by atoms with van der Waals surface area (Å²) in [6.45, 7) is 0.438. The van der Waals surface area contributed by atoms with Crippen molar-refractivity contribution in [3.63, 3.8) is 0 Å². The van der Waals surface area contributed by atoms with Crippen molar-refractivity contribution >= 4 is 16.7 Å². The molecule has 0 bridgehead atoms. The summed E-state index contributed by atoms with van der Waals surface area (Å²) in [5.41, 5.74) is 1.40. The maximum atomic E-state index is 12.9. The van der Waals surface area contributed by atoms with Crippen molar-refractivity contribution in [1.82, 2.24) is 25.3 Å². The lowest BCUT2D eigenvalue weighted by Gasteiger charge is -2.19. The van der Waals surface area contributed by atoms with Gasteiger partial charge in [0.15, 0.2) is 0 Å². The number of pyridine rings is 1. The van der Waals surface area contributed by atoms with E-state index in [1.54, 1.807) is 23.4 Å². The highest BCUT2D eigenvalue weighted by molar-refractivity contribution is 6.05. The Hall–Kier alpha value is -3.54. The molecule has 0 aliphatic carbocycles. The quantitative estimate of drug-likeness (QED) is 0.605. The molecule has 6 heteroatoms. The first-order valence-electron chi connectivity index (χ1n) is 8.35. The van der Waals surface area contributed by atoms with Crippen LogP contribution in [0.4, 0.5) is 0 Å². The largest absolute Gasteiger partial charge is 0.342 e. The summed E-state index contributed by atoms with van der Waals surface area (Å²) >= 11 is 0. The molecule has 0 spiro atoms. The molecule has 1 atom stereocenters. The van der Waals surface area contributed by atoms with E-state index in [0.717, 1.165) is 16.3 Å². The van der Waals surface area contributed by atoms with E-state index in [0.29, 0.717) is 12.2 Å². The van der Waals surface area contributed by atoms with Crippen molar-refractivity contribution in [2.24, 2.45) is 0 Å². The van der Waals surface area contributed by atoms with Crippen molar-refractivity contribution < 1.29 is 4.79 Å². The number of fused-ring (bicyclic) bond motifs is 1. The molecule has 128 valence electrons. The SMILES string of the molecule is O=C(NC(Cn1nccn1)c1ccccc1)c1nccc2ccccc12. The third-order valence-corrected chi connectivity index (χ3v) is 4.21. The second kappa shape index (κ2) is 7.14. The fraction of sp³-hybridized carbons (Fsp3) is 0.100. The molecular weight excluding hydrogens is 326 g/mol. The fourth-order valence-electron chi connectivity index (χ4n) is 2.95. The zero-order chi connectivity index (χ0) is 17.8. The van der Waals surface area contributed by atoms with E-state index < -0.39 is 0 Å². The summed E-state index contributed by atoms with van der Waals surface area (Å²) in [6.07, 6.45) is 4.90. The Morgan fingerprint density at radius 3 is 2.46 bits per heavy atom. The van der Waals surface area contributed by atoms with Crippen LogP contribution in [0.5, 0.6) is 0 Å². The molecule has 6 nitrogen and oxygen atoms in total. The van der Waals surface area contributed by atoms with Crippen LogP contribution in [0.15, 0.2) is 79.3 Å². The average Bonchev–Trinajstić information content (AvgIpc) is 3.21. The van der Waals surface area contributed by atoms with Gasteiger partial charge in [-0.15, -0.1) is 0 Å². The zero-order valence-corrected chi connectivity index (χ0v) is 14.0. The molecule has 26 heavy (non-hydrogen) atoms. The predicted molar refractivity (Wildman–Crippen MR) is 98.4 cm³/mol. The average molecular weight is 343 g/mol. The summed E-state index contributed by atoms with van der Waals surface area (Å²) in [5, 5.41) is 13.2. The molecule has 1 unspecified atom stereocenters. The van der Waals surface area contributed by atoms with Gasteiger partial charge in [-0.05, 0) is 17.0 Å². The normalized spacial score (nSPS) is 12.0. The Kier molecular flexibility index (Phi) is 4.38. The fourth-order valence-corrected chi connectivity index (χ4v) is 2.95. The van der Waals surface area contributed by atoms with Gasteiger partial charge in [-0.2, -0.15) is 15.0 Å². The van der Waals surface area contributed by atoms with Crippen LogP contribution in [0.25, 0.3) is 10.8 Å². The molecule has 0 saturated heterocycles. The standard InChI is InChI=1S/C20H17N5O/c26-20(19-17-9-5-4-6-15(17)10-11-21-19)24-18(14-25-22-12-13-23-25)16-7-2-1-3-8-16/h1-13,18H,14H2,(H,24,26). The molecule has 2 heterocycles. The lowest BCUT2D eigenvalue weighted by Crippen LogP contribution is -2.32. The Morgan fingerprint density at radius 2 is 1.65 bits per heavy atom. The second-order valence-corrected chi connectivity index (χ2v) is 5.90. The summed E-state index contributed by atoms with van der Waals surface area (Å²) in [5.74, 6) is -0.220. The lowest BCUT2D eigenvalue weighted by molar-refractivity contribution is 0.0927. The number of aromatic nitrogens is 4. The van der Waals surface area contributed by atoms with Crippen molar-refractivity contribution in [1.29, 1.82) is 0 Å². The maximum absolute atomic E-state index is 12.9. The number of amides is 1. The van der Waals surface area contributed by atoms with Crippen LogP contribution in [0, 0.1) is 0 Å². The summed E-state index contributed by atoms with van der Waals surface area (Å²) in [7, 11) is 0. The minimum atomic E-state index is -0.267. The molecule has 4 aromatic rings. The number of carbonyl (C=O) groups is 1. The Bertz CT molecular complexity index is 1010. The van der Waals surface area contributed by atoms with Gasteiger partial charge in [0.2, 0.25) is 0 Å². The minimum Gasteiger partial charge on any atom is -0.342 e. The highest BCUT2D eigenvalue weighted by atomic mass is 16.2. The summed E-state index contributed by atoms with van der Waals surface area (Å²) in [4.78, 5) is 18.8. The van der Waals surface area contributed by atoms with E-state index in [9.17, 15) is 4.79 Å². The molecule has 2 aromatic heterocycles. The molecule has 2 aromatic carbocycles. The molecule has 0 fully saturated rings. The van der Waals surface area contributed by atoms with Crippen LogP contribution in [0.3, 0.4) is 0 Å². The van der Waals surface area contributed by atoms with E-state index in [-0.39, 0.29) is 11.9 Å². The monoisotopic (exact) mass is 343 g/mol. The first-order valence-corrected chi connectivity index (χ1v) is 8.35. The van der Waals surface area contributed by atoms with Crippen LogP contribution in [-0.4, -0.2) is 25.9 Å². The van der Waals surface area contributed by atoms with Crippen LogP contribution in [-0.2, 0) is 6.54 Å². The number of nitrogens with zero attached hydrogens (tertiary/aromatic N) is 4. The van der Waals surface area contributed by atoms with E-state index in [1.165, 1.54) is 0 Å². The van der Waals surface area contributed by atoms with Gasteiger partial charge in [-0.3, -0.25) is 9.78 Å². The van der Waals surface area contributed by atoms with E-state index in [4.69, 9.17) is 0 Å². The summed E-state index contributed by atoms with van der Waals surface area (Å²) < 4.78 is 0. The Morgan fingerprint density at radius 1 is 0.923 bits per heavy atom. The van der Waals surface area contributed by atoms with Gasteiger partial charge in [0.1, 0.15) is 5.69 Å². The topological polar surface area (TPSA) is 72.7 Å². The Labute approximate surface area is 150 Å². The number of nitrogens with one attached hydrogen (secondary N) is 1. The van der Waals surface area contributed by atoms with Gasteiger partial charge in [0.25, 0.3) is 5.91 Å². The van der Waals surface area contributed by atoms with Gasteiger partial charge in [0.05, 0.1) is 25.0 Å². The molecular formula is C20H17N5O. The third-order valence-electron chi connectivity index (χ3n) is 4.21. The molecule has 0 radical (unpaired) electrons. The summed E-state index contributed by atoms with van der Waals surface area (Å²) in [6, 6.07) is 19.1. The predicted octanol–water partition coefficient (Wildman–Crippen LogP) is 3.00. The molecule has 0 aliphatic heterocycles. The molecule has 1 N–H and O–H groups in total. The highest BCUT2D eigenvalue weighted by Crippen LogP contribution is 2.19. The number of rotatable bonds is 5. The van der Waals surface area contributed by atoms with Crippen molar-refractivity contribution in [2.45, 2.75) is 12.6 Å². The first kappa shape index (κ1) is 16.0. The van der Waals surface area contributed by atoms with Crippen molar-refractivity contribution in [3.8, 4) is 0 Å². The Balaban J connectivity index is 1.65. The van der Waals surface area contributed by atoms with E-state index in [1.807, 2.05) is 60.7 Å². The van der Waals surface area contributed by atoms with Gasteiger partial charge < -0.3 is 5.32 Å². The maximum Gasteiger partial charge on any atom is 0.271 e. The van der Waals surface area contributed by atoms with Crippen LogP contribution >= 0.6 is 0 Å². The van der Waals surface area contributed by atoms with Crippen LogP contribution in [0.2, 0.25) is 0 Å². The number of hydrogen-bond donors (Lipinski definition) is 1. The van der Waals surface area contributed by atoms with E-state index >= 15 is 0 Å². The van der Waals surface area contributed by atoms with Crippen molar-refractivity contribution in [3.05, 3.63) is 90.5 Å². The zero-order valence-electron chi connectivity index (χ0n) is 14.0. The smallest absolute Gasteiger partial charge is 0.271 e. The molecule has 4 rings (SSSR count). The van der Waals surface area contributed by atoms with E-state index in [2.05, 4.69) is 20.5 Å². The van der Waals surface area contributed by atoms with Gasteiger partial charge in [-0.1, -0.05) is 54.6 Å². The van der Waals surface area contributed by atoms with Crippen molar-refractivity contribution in [2.75, 3.05) is 0 Å². The first-order chi connectivity index (χ1) is 12.8.